The molecule has 0 aliphatic carbocycles. The van der Waals surface area contributed by atoms with Crippen molar-refractivity contribution < 1.29 is 47.6 Å². The summed E-state index contributed by atoms with van der Waals surface area (Å²) in [5.74, 6) is -4.26. The van der Waals surface area contributed by atoms with E-state index in [1.165, 1.54) is 25.2 Å². The van der Waals surface area contributed by atoms with Crippen molar-refractivity contribution >= 4 is 23.9 Å². The first-order chi connectivity index (χ1) is 15.2. The highest BCUT2D eigenvalue weighted by Gasteiger charge is 2.56. The lowest BCUT2D eigenvalue weighted by atomic mass is 9.69. The van der Waals surface area contributed by atoms with Crippen molar-refractivity contribution in [2.75, 3.05) is 33.0 Å². The van der Waals surface area contributed by atoms with Gasteiger partial charge in [0, 0.05) is 19.8 Å². The van der Waals surface area contributed by atoms with E-state index < -0.39 is 54.2 Å². The van der Waals surface area contributed by atoms with Crippen LogP contribution >= 0.6 is 0 Å². The second-order valence-corrected chi connectivity index (χ2v) is 6.88. The fourth-order valence-corrected chi connectivity index (χ4v) is 3.33. The van der Waals surface area contributed by atoms with Crippen LogP contribution in [0, 0.1) is 11.3 Å². The second-order valence-electron chi connectivity index (χ2n) is 6.88. The molecule has 1 aliphatic rings. The van der Waals surface area contributed by atoms with Crippen LogP contribution in [0.1, 0.15) is 34.1 Å². The van der Waals surface area contributed by atoms with Crippen LogP contribution < -0.4 is 0 Å². The van der Waals surface area contributed by atoms with Crippen molar-refractivity contribution in [2.24, 2.45) is 11.3 Å². The summed E-state index contributed by atoms with van der Waals surface area (Å²) in [7, 11) is 0. The van der Waals surface area contributed by atoms with E-state index in [1.807, 2.05) is 0 Å². The summed E-state index contributed by atoms with van der Waals surface area (Å²) in [6.45, 7) is 9.50. The molecule has 10 heteroatoms. The monoisotopic (exact) mass is 456 g/mol. The molecule has 0 N–H and O–H groups in total. The number of hydrogen-bond acceptors (Lipinski definition) is 10. The van der Waals surface area contributed by atoms with Gasteiger partial charge in [0.15, 0.2) is 11.7 Å². The van der Waals surface area contributed by atoms with Crippen LogP contribution in [0.15, 0.2) is 24.8 Å². The minimum Gasteiger partial charge on any atom is -0.465 e. The molecular weight excluding hydrogens is 424 g/mol. The molecule has 10 nitrogen and oxygen atoms in total. The average Bonchev–Trinajstić information content (AvgIpc) is 3.24. The summed E-state index contributed by atoms with van der Waals surface area (Å²) < 4.78 is 31.7. The molecule has 0 radical (unpaired) electrons. The molecule has 0 aromatic heterocycles. The van der Waals surface area contributed by atoms with Crippen LogP contribution in [-0.2, 0) is 47.6 Å². The SMILES string of the molecule is C=CCC(C(=O)OCC)(C(=O)OCC)C(/C=C\C1OCCO1)[C@@H](COC(C)=O)OC(C)=O. The lowest BCUT2D eigenvalue weighted by Crippen LogP contribution is -2.52. The van der Waals surface area contributed by atoms with Gasteiger partial charge in [-0.1, -0.05) is 12.2 Å². The fraction of sp³-hybridized carbons (Fsp3) is 0.636. The predicted octanol–water partition coefficient (Wildman–Crippen LogP) is 1.72. The van der Waals surface area contributed by atoms with Crippen molar-refractivity contribution in [1.82, 2.24) is 0 Å². The highest BCUT2D eigenvalue weighted by molar-refractivity contribution is 6.01. The van der Waals surface area contributed by atoms with Crippen LogP contribution in [0.5, 0.6) is 0 Å². The van der Waals surface area contributed by atoms with Crippen molar-refractivity contribution in [3.8, 4) is 0 Å². The molecule has 0 saturated carbocycles. The van der Waals surface area contributed by atoms with Gasteiger partial charge in [-0.3, -0.25) is 19.2 Å². The van der Waals surface area contributed by atoms with Crippen molar-refractivity contribution in [1.29, 1.82) is 0 Å². The zero-order chi connectivity index (χ0) is 24.1. The van der Waals surface area contributed by atoms with E-state index in [2.05, 4.69) is 6.58 Å². The topological polar surface area (TPSA) is 124 Å². The Morgan fingerprint density at radius 1 is 1.00 bits per heavy atom. The third kappa shape index (κ3) is 7.45. The van der Waals surface area contributed by atoms with Gasteiger partial charge in [0.05, 0.1) is 26.4 Å². The summed E-state index contributed by atoms with van der Waals surface area (Å²) in [5, 5.41) is 0. The Morgan fingerprint density at radius 2 is 1.56 bits per heavy atom. The van der Waals surface area contributed by atoms with Gasteiger partial charge in [0.25, 0.3) is 0 Å². The van der Waals surface area contributed by atoms with Gasteiger partial charge in [-0.2, -0.15) is 0 Å². The van der Waals surface area contributed by atoms with Crippen LogP contribution in [-0.4, -0.2) is 69.3 Å². The molecule has 1 unspecified atom stereocenters. The molecule has 2 atom stereocenters. The second kappa shape index (κ2) is 13.6. The van der Waals surface area contributed by atoms with Crippen LogP contribution in [0.3, 0.4) is 0 Å². The Balaban J connectivity index is 3.64. The maximum Gasteiger partial charge on any atom is 0.324 e. The lowest BCUT2D eigenvalue weighted by Gasteiger charge is -2.37. The molecule has 0 aromatic carbocycles. The molecule has 1 saturated heterocycles. The van der Waals surface area contributed by atoms with Gasteiger partial charge in [-0.15, -0.1) is 6.58 Å². The van der Waals surface area contributed by atoms with Gasteiger partial charge in [0.1, 0.15) is 12.7 Å². The third-order valence-electron chi connectivity index (χ3n) is 4.61. The average molecular weight is 456 g/mol. The van der Waals surface area contributed by atoms with E-state index in [1.54, 1.807) is 13.8 Å². The summed E-state index contributed by atoms with van der Waals surface area (Å²) in [6, 6.07) is 0. The van der Waals surface area contributed by atoms with E-state index in [9.17, 15) is 19.2 Å². The maximum atomic E-state index is 13.2. The molecule has 0 aromatic rings. The van der Waals surface area contributed by atoms with E-state index in [-0.39, 0.29) is 19.6 Å². The van der Waals surface area contributed by atoms with Gasteiger partial charge in [-0.25, -0.2) is 0 Å². The van der Waals surface area contributed by atoms with Crippen molar-refractivity contribution in [3.63, 3.8) is 0 Å². The molecule has 1 rings (SSSR count). The van der Waals surface area contributed by atoms with Crippen LogP contribution in [0.2, 0.25) is 0 Å². The number of rotatable bonds is 13. The lowest BCUT2D eigenvalue weighted by molar-refractivity contribution is -0.184. The maximum absolute atomic E-state index is 13.2. The number of allylic oxidation sites excluding steroid dienone is 1. The van der Waals surface area contributed by atoms with Gasteiger partial charge in [-0.05, 0) is 26.3 Å². The Morgan fingerprint density at radius 3 is 2.00 bits per heavy atom. The molecular formula is C22H32O10. The molecule has 180 valence electrons. The molecule has 1 aliphatic heterocycles. The van der Waals surface area contributed by atoms with E-state index in [4.69, 9.17) is 28.4 Å². The first kappa shape index (κ1) is 27.3. The first-order valence-electron chi connectivity index (χ1n) is 10.4. The van der Waals surface area contributed by atoms with E-state index in [0.29, 0.717) is 13.2 Å². The Kier molecular flexibility index (Phi) is 11.6. The Bertz CT molecular complexity index is 675. The smallest absolute Gasteiger partial charge is 0.324 e. The molecule has 0 bridgehead atoms. The van der Waals surface area contributed by atoms with Crippen molar-refractivity contribution in [2.45, 2.75) is 46.5 Å². The largest absolute Gasteiger partial charge is 0.465 e. The summed E-state index contributed by atoms with van der Waals surface area (Å²) >= 11 is 0. The third-order valence-corrected chi connectivity index (χ3v) is 4.61. The van der Waals surface area contributed by atoms with Crippen molar-refractivity contribution in [3.05, 3.63) is 24.8 Å². The molecule has 32 heavy (non-hydrogen) atoms. The summed E-state index contributed by atoms with van der Waals surface area (Å²) in [4.78, 5) is 49.7. The standard InChI is InChI=1S/C22H32O10/c1-6-11-22(20(25)27-7-2,21(26)28-8-3)17(9-10-19-29-12-13-30-19)18(32-16(5)24)14-31-15(4)23/h6,9-10,17-19H,1,7-8,11-14H2,2-5H3/b10-9-/t17?,18-/m1/s1. The Hall–Kier alpha value is -2.72. The zero-order valence-electron chi connectivity index (χ0n) is 19.0. The number of hydrogen-bond donors (Lipinski definition) is 0. The summed E-state index contributed by atoms with van der Waals surface area (Å²) in [5.41, 5.74) is -1.97. The zero-order valence-corrected chi connectivity index (χ0v) is 19.0. The first-order valence-corrected chi connectivity index (χ1v) is 10.4. The molecule has 1 heterocycles. The number of carbonyl (C=O) groups is 4. The van der Waals surface area contributed by atoms with Gasteiger partial charge < -0.3 is 28.4 Å². The minimum absolute atomic E-state index is 0.00933. The van der Waals surface area contributed by atoms with E-state index >= 15 is 0 Å². The molecule has 0 spiro atoms. The highest BCUT2D eigenvalue weighted by Crippen LogP contribution is 2.40. The Labute approximate surface area is 187 Å². The van der Waals surface area contributed by atoms with Gasteiger partial charge >= 0.3 is 23.9 Å². The van der Waals surface area contributed by atoms with E-state index in [0.717, 1.165) is 6.92 Å². The number of esters is 4. The summed E-state index contributed by atoms with van der Waals surface area (Å²) in [6.07, 6.45) is 2.19. The highest BCUT2D eigenvalue weighted by atomic mass is 16.7. The normalized spacial score (nSPS) is 16.2. The number of carbonyl (C=O) groups excluding carboxylic acids is 4. The van der Waals surface area contributed by atoms with Crippen LogP contribution in [0.4, 0.5) is 0 Å². The fourth-order valence-electron chi connectivity index (χ4n) is 3.33. The molecule has 1 fully saturated rings. The number of ether oxygens (including phenoxy) is 6. The molecule has 0 amide bonds. The predicted molar refractivity (Wildman–Crippen MR) is 111 cm³/mol. The quantitative estimate of drug-likeness (QED) is 0.175. The minimum atomic E-state index is -1.97. The van der Waals surface area contributed by atoms with Gasteiger partial charge in [0.2, 0.25) is 0 Å². The van der Waals surface area contributed by atoms with Crippen LogP contribution in [0.25, 0.3) is 0 Å².